The Labute approximate surface area is 113 Å². The van der Waals surface area contributed by atoms with Crippen LogP contribution in [0.1, 0.15) is 6.42 Å². The molecule has 1 aromatic rings. The van der Waals surface area contributed by atoms with Crippen molar-refractivity contribution in [3.63, 3.8) is 0 Å². The molecule has 1 amide bonds. The standard InChI is InChI=1S/C10H11BrCl2N2O/c1-14-9(16)2-3-15-10-7(12)4-6(11)5-8(10)13/h4-5,15H,2-3H2,1H3,(H,14,16). The van der Waals surface area contributed by atoms with Crippen LogP contribution in [-0.2, 0) is 4.79 Å². The lowest BCUT2D eigenvalue weighted by Gasteiger charge is -2.10. The van der Waals surface area contributed by atoms with E-state index in [1.165, 1.54) is 0 Å². The van der Waals surface area contributed by atoms with Gasteiger partial charge in [-0.2, -0.15) is 0 Å². The third-order valence-electron chi connectivity index (χ3n) is 1.94. The van der Waals surface area contributed by atoms with Crippen molar-refractivity contribution in [3.05, 3.63) is 26.7 Å². The summed E-state index contributed by atoms with van der Waals surface area (Å²) in [7, 11) is 1.60. The minimum absolute atomic E-state index is 0.0307. The van der Waals surface area contributed by atoms with Gasteiger partial charge in [0, 0.05) is 24.5 Å². The molecule has 0 aliphatic heterocycles. The van der Waals surface area contributed by atoms with Gasteiger partial charge in [-0.1, -0.05) is 39.1 Å². The maximum Gasteiger partial charge on any atom is 0.221 e. The SMILES string of the molecule is CNC(=O)CCNc1c(Cl)cc(Br)cc1Cl. The maximum atomic E-state index is 11.0. The van der Waals surface area contributed by atoms with E-state index in [-0.39, 0.29) is 5.91 Å². The van der Waals surface area contributed by atoms with Crippen LogP contribution < -0.4 is 10.6 Å². The van der Waals surface area contributed by atoms with E-state index >= 15 is 0 Å². The fraction of sp³-hybridized carbons (Fsp3) is 0.300. The van der Waals surface area contributed by atoms with Crippen LogP contribution in [0.3, 0.4) is 0 Å². The number of carbonyl (C=O) groups is 1. The normalized spacial score (nSPS) is 10.0. The Hall–Kier alpha value is -0.450. The maximum absolute atomic E-state index is 11.0. The van der Waals surface area contributed by atoms with E-state index in [0.717, 1.165) is 4.47 Å². The van der Waals surface area contributed by atoms with Crippen LogP contribution in [0, 0.1) is 0 Å². The summed E-state index contributed by atoms with van der Waals surface area (Å²) >= 11 is 15.3. The zero-order valence-corrected chi connectivity index (χ0v) is 11.7. The van der Waals surface area contributed by atoms with Crippen molar-refractivity contribution in [2.45, 2.75) is 6.42 Å². The Morgan fingerprint density at radius 2 is 1.94 bits per heavy atom. The number of benzene rings is 1. The molecular formula is C10H11BrCl2N2O. The molecule has 1 rings (SSSR count). The topological polar surface area (TPSA) is 41.1 Å². The van der Waals surface area contributed by atoms with Crippen LogP contribution in [-0.4, -0.2) is 19.5 Å². The van der Waals surface area contributed by atoms with Crippen molar-refractivity contribution in [1.82, 2.24) is 5.32 Å². The van der Waals surface area contributed by atoms with Gasteiger partial charge in [0.05, 0.1) is 15.7 Å². The molecule has 0 aliphatic carbocycles. The highest BCUT2D eigenvalue weighted by Gasteiger charge is 2.07. The largest absolute Gasteiger partial charge is 0.382 e. The number of hydrogen-bond acceptors (Lipinski definition) is 2. The van der Waals surface area contributed by atoms with Gasteiger partial charge < -0.3 is 10.6 Å². The van der Waals surface area contributed by atoms with Crippen molar-refractivity contribution in [2.75, 3.05) is 18.9 Å². The molecule has 0 heterocycles. The van der Waals surface area contributed by atoms with Gasteiger partial charge in [-0.15, -0.1) is 0 Å². The molecule has 1 aromatic carbocycles. The fourth-order valence-corrected chi connectivity index (χ4v) is 2.48. The first-order chi connectivity index (χ1) is 7.54. The Bertz CT molecular complexity index is 375. The van der Waals surface area contributed by atoms with E-state index in [9.17, 15) is 4.79 Å². The molecule has 88 valence electrons. The summed E-state index contributed by atoms with van der Waals surface area (Å²) in [5, 5.41) is 6.61. The Balaban J connectivity index is 2.64. The van der Waals surface area contributed by atoms with E-state index in [1.54, 1.807) is 19.2 Å². The highest BCUT2D eigenvalue weighted by molar-refractivity contribution is 9.10. The average molecular weight is 326 g/mol. The minimum Gasteiger partial charge on any atom is -0.382 e. The minimum atomic E-state index is -0.0307. The molecule has 0 fully saturated rings. The Kier molecular flexibility index (Phi) is 5.38. The van der Waals surface area contributed by atoms with Crippen LogP contribution in [0.15, 0.2) is 16.6 Å². The smallest absolute Gasteiger partial charge is 0.221 e. The predicted octanol–water partition coefficient (Wildman–Crippen LogP) is 3.30. The third-order valence-corrected chi connectivity index (χ3v) is 2.99. The second kappa shape index (κ2) is 6.33. The fourth-order valence-electron chi connectivity index (χ4n) is 1.14. The third kappa shape index (κ3) is 3.85. The molecular weight excluding hydrogens is 315 g/mol. The first-order valence-corrected chi connectivity index (χ1v) is 6.18. The summed E-state index contributed by atoms with van der Waals surface area (Å²) in [6.45, 7) is 0.487. The van der Waals surface area contributed by atoms with Gasteiger partial charge in [0.25, 0.3) is 0 Å². The van der Waals surface area contributed by atoms with E-state index < -0.39 is 0 Å². The van der Waals surface area contributed by atoms with Crippen LogP contribution >= 0.6 is 39.1 Å². The van der Waals surface area contributed by atoms with Crippen molar-refractivity contribution in [3.8, 4) is 0 Å². The second-order valence-electron chi connectivity index (χ2n) is 3.09. The Morgan fingerprint density at radius 1 is 1.38 bits per heavy atom. The lowest BCUT2D eigenvalue weighted by molar-refractivity contribution is -0.120. The molecule has 16 heavy (non-hydrogen) atoms. The van der Waals surface area contributed by atoms with Gasteiger partial charge in [-0.3, -0.25) is 4.79 Å². The molecule has 0 aliphatic rings. The number of halogens is 3. The van der Waals surface area contributed by atoms with Crippen molar-refractivity contribution in [1.29, 1.82) is 0 Å². The molecule has 3 nitrogen and oxygen atoms in total. The molecule has 0 atom stereocenters. The number of hydrogen-bond donors (Lipinski definition) is 2. The number of rotatable bonds is 4. The molecule has 0 bridgehead atoms. The summed E-state index contributed by atoms with van der Waals surface area (Å²) in [5.74, 6) is -0.0307. The van der Waals surface area contributed by atoms with E-state index in [2.05, 4.69) is 26.6 Å². The lowest BCUT2D eigenvalue weighted by atomic mass is 10.3. The van der Waals surface area contributed by atoms with Gasteiger partial charge in [0.2, 0.25) is 5.91 Å². The lowest BCUT2D eigenvalue weighted by Crippen LogP contribution is -2.20. The van der Waals surface area contributed by atoms with Gasteiger partial charge in [-0.25, -0.2) is 0 Å². The van der Waals surface area contributed by atoms with Gasteiger partial charge in [0.1, 0.15) is 0 Å². The number of amides is 1. The highest BCUT2D eigenvalue weighted by atomic mass is 79.9. The first kappa shape index (κ1) is 13.6. The quantitative estimate of drug-likeness (QED) is 0.891. The molecule has 0 aromatic heterocycles. The molecule has 0 saturated heterocycles. The van der Waals surface area contributed by atoms with Crippen LogP contribution in [0.25, 0.3) is 0 Å². The second-order valence-corrected chi connectivity index (χ2v) is 4.82. The summed E-state index contributed by atoms with van der Waals surface area (Å²) < 4.78 is 0.819. The van der Waals surface area contributed by atoms with Crippen molar-refractivity contribution >= 4 is 50.7 Å². The van der Waals surface area contributed by atoms with Crippen molar-refractivity contribution < 1.29 is 4.79 Å². The van der Waals surface area contributed by atoms with E-state index in [4.69, 9.17) is 23.2 Å². The first-order valence-electron chi connectivity index (χ1n) is 4.63. The summed E-state index contributed by atoms with van der Waals surface area (Å²) in [4.78, 5) is 11.0. The van der Waals surface area contributed by atoms with E-state index in [0.29, 0.717) is 28.7 Å². The predicted molar refractivity (Wildman–Crippen MR) is 71.3 cm³/mol. The van der Waals surface area contributed by atoms with Gasteiger partial charge >= 0.3 is 0 Å². The molecule has 0 radical (unpaired) electrons. The highest BCUT2D eigenvalue weighted by Crippen LogP contribution is 2.33. The molecule has 0 spiro atoms. The average Bonchev–Trinajstić information content (AvgIpc) is 2.21. The molecule has 2 N–H and O–H groups in total. The molecule has 6 heteroatoms. The summed E-state index contributed by atoms with van der Waals surface area (Å²) in [5.41, 5.74) is 0.649. The van der Waals surface area contributed by atoms with Crippen LogP contribution in [0.4, 0.5) is 5.69 Å². The summed E-state index contributed by atoms with van der Waals surface area (Å²) in [6.07, 6.45) is 0.374. The van der Waals surface area contributed by atoms with Crippen LogP contribution in [0.2, 0.25) is 10.0 Å². The molecule has 0 unspecified atom stereocenters. The summed E-state index contributed by atoms with van der Waals surface area (Å²) in [6, 6.07) is 3.49. The number of anilines is 1. The van der Waals surface area contributed by atoms with Gasteiger partial charge in [-0.05, 0) is 12.1 Å². The van der Waals surface area contributed by atoms with Gasteiger partial charge in [0.15, 0.2) is 0 Å². The number of carbonyl (C=O) groups excluding carboxylic acids is 1. The Morgan fingerprint density at radius 3 is 2.44 bits per heavy atom. The monoisotopic (exact) mass is 324 g/mol. The number of nitrogens with one attached hydrogen (secondary N) is 2. The zero-order valence-electron chi connectivity index (χ0n) is 8.61. The zero-order chi connectivity index (χ0) is 12.1. The van der Waals surface area contributed by atoms with E-state index in [1.807, 2.05) is 0 Å². The van der Waals surface area contributed by atoms with Crippen LogP contribution in [0.5, 0.6) is 0 Å². The van der Waals surface area contributed by atoms with Crippen molar-refractivity contribution in [2.24, 2.45) is 0 Å². The molecule has 0 saturated carbocycles.